The number of rotatable bonds is 6. The Hall–Kier alpha value is 0.240. The van der Waals surface area contributed by atoms with Crippen LogP contribution in [-0.4, -0.2) is 31.8 Å². The molecule has 0 spiro atoms. The molecule has 0 saturated carbocycles. The zero-order chi connectivity index (χ0) is 17.0. The quantitative estimate of drug-likeness (QED) is 0.607. The largest absolute Gasteiger partial charge is 1.00 e. The van der Waals surface area contributed by atoms with Gasteiger partial charge in [0.1, 0.15) is 0 Å². The molecule has 1 rings (SSSR count). The maximum Gasteiger partial charge on any atom is 0.0659 e. The summed E-state index contributed by atoms with van der Waals surface area (Å²) in [7, 11) is -0.545. The molecule has 0 aliphatic heterocycles. The van der Waals surface area contributed by atoms with Crippen LogP contribution >= 0.6 is 0 Å². The molecule has 1 heterocycles. The second-order valence-corrected chi connectivity index (χ2v) is 12.6. The Morgan fingerprint density at radius 3 is 1.83 bits per heavy atom. The van der Waals surface area contributed by atoms with Crippen LogP contribution in [0.4, 0.5) is 0 Å². The zero-order valence-electron chi connectivity index (χ0n) is 16.7. The Bertz CT molecular complexity index is 440. The first-order valence-electron chi connectivity index (χ1n) is 8.60. The van der Waals surface area contributed by atoms with Crippen molar-refractivity contribution in [1.29, 1.82) is 0 Å². The second-order valence-electron chi connectivity index (χ2n) is 8.27. The van der Waals surface area contributed by atoms with Crippen LogP contribution in [0.1, 0.15) is 68.1 Å². The van der Waals surface area contributed by atoms with Gasteiger partial charge in [0.05, 0.1) is 8.80 Å². The van der Waals surface area contributed by atoms with Crippen molar-refractivity contribution >= 4 is 8.80 Å². The van der Waals surface area contributed by atoms with Crippen molar-refractivity contribution in [2.24, 2.45) is 0 Å². The smallest absolute Gasteiger partial charge is 0.0659 e. The fourth-order valence-corrected chi connectivity index (χ4v) is 7.08. The predicted molar refractivity (Wildman–Crippen MR) is 102 cm³/mol. The Morgan fingerprint density at radius 2 is 1.50 bits per heavy atom. The van der Waals surface area contributed by atoms with Crippen molar-refractivity contribution in [2.45, 2.75) is 78.1 Å². The van der Waals surface area contributed by atoms with Crippen molar-refractivity contribution in [1.82, 2.24) is 9.88 Å². The first kappa shape index (κ1) is 26.5. The standard InChI is InChI=1S/C19H35N2Si.ClH.Rh.H2/c1-9-21(10-2)14-16-11-12-17(20-13-16)15-22(18(3,4)5)19(6,7)8;;;/h11-13H,9-10,14-15H2,1-8H3;1H;;1H/p-1. The molecule has 1 aromatic rings. The summed E-state index contributed by atoms with van der Waals surface area (Å²) in [4.78, 5) is 7.19. The van der Waals surface area contributed by atoms with E-state index >= 15 is 0 Å². The van der Waals surface area contributed by atoms with Crippen molar-refractivity contribution in [3.8, 4) is 0 Å². The van der Waals surface area contributed by atoms with Crippen molar-refractivity contribution in [3.63, 3.8) is 0 Å². The van der Waals surface area contributed by atoms with Gasteiger partial charge in [-0.1, -0.05) is 61.5 Å². The first-order valence-corrected chi connectivity index (χ1v) is 10.3. The number of hydrogen-bond donors (Lipinski definition) is 0. The summed E-state index contributed by atoms with van der Waals surface area (Å²) in [5.41, 5.74) is 2.59. The Morgan fingerprint density at radius 1 is 1.00 bits per heavy atom. The molecule has 0 fully saturated rings. The van der Waals surface area contributed by atoms with E-state index in [0.717, 1.165) is 25.7 Å². The third kappa shape index (κ3) is 8.56. The summed E-state index contributed by atoms with van der Waals surface area (Å²) in [6.07, 6.45) is 2.08. The van der Waals surface area contributed by atoms with Crippen molar-refractivity contribution < 1.29 is 33.3 Å². The Balaban J connectivity index is -0.00000161. The van der Waals surface area contributed by atoms with E-state index in [1.54, 1.807) is 0 Å². The molecule has 0 bridgehead atoms. The maximum atomic E-state index is 4.77. The van der Waals surface area contributed by atoms with E-state index in [9.17, 15) is 0 Å². The predicted octanol–water partition coefficient (Wildman–Crippen LogP) is 2.35. The van der Waals surface area contributed by atoms with Gasteiger partial charge in [-0.25, -0.2) is 0 Å². The van der Waals surface area contributed by atoms with Gasteiger partial charge in [-0.3, -0.25) is 9.88 Å². The van der Waals surface area contributed by atoms with Crippen LogP contribution in [0.2, 0.25) is 10.1 Å². The zero-order valence-corrected chi connectivity index (χ0v) is 20.1. The third-order valence-corrected chi connectivity index (χ3v) is 8.69. The molecule has 2 nitrogen and oxygen atoms in total. The molecule has 0 aliphatic rings. The maximum absolute atomic E-state index is 4.77. The van der Waals surface area contributed by atoms with E-state index in [2.05, 4.69) is 78.6 Å². The molecule has 0 unspecified atom stereocenters. The molecular weight excluding hydrogens is 423 g/mol. The number of halogens is 1. The van der Waals surface area contributed by atoms with Crippen LogP contribution in [0.5, 0.6) is 0 Å². The van der Waals surface area contributed by atoms with Gasteiger partial charge in [-0.2, -0.15) is 0 Å². The third-order valence-electron chi connectivity index (χ3n) is 4.36. The van der Waals surface area contributed by atoms with Crippen molar-refractivity contribution in [2.75, 3.05) is 13.1 Å². The van der Waals surface area contributed by atoms with Crippen LogP contribution in [0.3, 0.4) is 0 Å². The van der Waals surface area contributed by atoms with E-state index in [-0.39, 0.29) is 33.3 Å². The van der Waals surface area contributed by atoms with Crippen LogP contribution in [0.15, 0.2) is 18.3 Å². The van der Waals surface area contributed by atoms with E-state index in [1.165, 1.54) is 11.3 Å². The summed E-state index contributed by atoms with van der Waals surface area (Å²) in [5, 5.41) is 0.787. The van der Waals surface area contributed by atoms with Gasteiger partial charge in [0.2, 0.25) is 0 Å². The van der Waals surface area contributed by atoms with Crippen molar-refractivity contribution in [3.05, 3.63) is 29.6 Å². The van der Waals surface area contributed by atoms with Gasteiger partial charge >= 0.3 is 0 Å². The molecule has 0 aromatic carbocycles. The SMILES string of the molecule is CCN(CC)Cc1ccc(C[Si](C(C)(C)C)C(C)(C)C)nc1.[Cl-].[HH].[Rh]. The molecule has 0 amide bonds. The summed E-state index contributed by atoms with van der Waals surface area (Å²) < 4.78 is 0. The van der Waals surface area contributed by atoms with Gasteiger partial charge in [0.15, 0.2) is 0 Å². The van der Waals surface area contributed by atoms with Crippen LogP contribution in [0, 0.1) is 0 Å². The molecule has 0 aliphatic carbocycles. The monoisotopic (exact) mass is 459 g/mol. The van der Waals surface area contributed by atoms with Gasteiger partial charge in [0, 0.05) is 39.3 Å². The van der Waals surface area contributed by atoms with E-state index in [4.69, 9.17) is 4.98 Å². The van der Waals surface area contributed by atoms with Gasteiger partial charge in [-0.15, -0.1) is 0 Å². The Kier molecular flexibility index (Phi) is 12.2. The summed E-state index contributed by atoms with van der Waals surface area (Å²) >= 11 is 0. The minimum absolute atomic E-state index is 0. The fourth-order valence-electron chi connectivity index (χ4n) is 3.20. The minimum atomic E-state index is -0.545. The Labute approximate surface area is 172 Å². The summed E-state index contributed by atoms with van der Waals surface area (Å²) in [6.45, 7) is 22.0. The first-order chi connectivity index (χ1) is 10.1. The van der Waals surface area contributed by atoms with E-state index in [1.807, 2.05) is 0 Å². The molecule has 5 heteroatoms. The normalized spacial score (nSPS) is 12.1. The number of aromatic nitrogens is 1. The molecule has 24 heavy (non-hydrogen) atoms. The molecular formula is C19H37ClN2RhSi-. The minimum Gasteiger partial charge on any atom is -1.00 e. The fraction of sp³-hybridized carbons (Fsp3) is 0.737. The topological polar surface area (TPSA) is 16.1 Å². The van der Waals surface area contributed by atoms with Gasteiger partial charge < -0.3 is 12.4 Å². The molecule has 2 radical (unpaired) electrons. The van der Waals surface area contributed by atoms with E-state index < -0.39 is 8.80 Å². The number of pyridine rings is 1. The average molecular weight is 460 g/mol. The molecule has 1 aromatic heterocycles. The molecule has 144 valence electrons. The van der Waals surface area contributed by atoms with Crippen LogP contribution < -0.4 is 12.4 Å². The van der Waals surface area contributed by atoms with Crippen LogP contribution in [-0.2, 0) is 32.1 Å². The summed E-state index contributed by atoms with van der Waals surface area (Å²) in [5.74, 6) is 0. The number of nitrogens with zero attached hydrogens (tertiary/aromatic N) is 2. The summed E-state index contributed by atoms with van der Waals surface area (Å²) in [6, 6.07) is 5.68. The molecule has 0 saturated heterocycles. The van der Waals surface area contributed by atoms with Gasteiger partial charge in [-0.05, 0) is 40.8 Å². The number of hydrogen-bond acceptors (Lipinski definition) is 2. The average Bonchev–Trinajstić information content (AvgIpc) is 2.41. The second kappa shape index (κ2) is 11.1. The van der Waals surface area contributed by atoms with Crippen LogP contribution in [0.25, 0.3) is 0 Å². The molecule has 0 atom stereocenters. The van der Waals surface area contributed by atoms with E-state index in [0.29, 0.717) is 10.1 Å². The van der Waals surface area contributed by atoms with Gasteiger partial charge in [0.25, 0.3) is 0 Å². The molecule has 0 N–H and O–H groups in total.